The lowest BCUT2D eigenvalue weighted by molar-refractivity contribution is 0.527. The van der Waals surface area contributed by atoms with Crippen LogP contribution in [0.15, 0.2) is 53.4 Å². The molecule has 2 unspecified atom stereocenters. The van der Waals surface area contributed by atoms with Crippen molar-refractivity contribution >= 4 is 11.8 Å². The summed E-state index contributed by atoms with van der Waals surface area (Å²) < 4.78 is 13.3. The van der Waals surface area contributed by atoms with E-state index in [4.69, 9.17) is 5.84 Å². The van der Waals surface area contributed by atoms with Gasteiger partial charge >= 0.3 is 0 Å². The first kappa shape index (κ1) is 12.7. The molecule has 2 aromatic rings. The zero-order chi connectivity index (χ0) is 13.2. The highest BCUT2D eigenvalue weighted by Crippen LogP contribution is 2.42. The summed E-state index contributed by atoms with van der Waals surface area (Å²) >= 11 is 1.80. The molecule has 0 radical (unpaired) electrons. The van der Waals surface area contributed by atoms with Gasteiger partial charge in [-0.1, -0.05) is 30.3 Å². The summed E-state index contributed by atoms with van der Waals surface area (Å²) in [5, 5.41) is 0.296. The highest BCUT2D eigenvalue weighted by molar-refractivity contribution is 8.00. The Morgan fingerprint density at radius 1 is 1.21 bits per heavy atom. The normalized spacial score (nSPS) is 19.2. The summed E-state index contributed by atoms with van der Waals surface area (Å²) in [6.07, 6.45) is 0.951. The van der Waals surface area contributed by atoms with Crippen LogP contribution < -0.4 is 11.3 Å². The Labute approximate surface area is 116 Å². The minimum Gasteiger partial charge on any atom is -0.271 e. The molecule has 0 aliphatic carbocycles. The molecule has 0 fully saturated rings. The molecule has 0 amide bonds. The Hall–Kier alpha value is -1.36. The van der Waals surface area contributed by atoms with Gasteiger partial charge in [0.15, 0.2) is 0 Å². The maximum Gasteiger partial charge on any atom is 0.123 e. The van der Waals surface area contributed by atoms with Crippen molar-refractivity contribution in [3.05, 3.63) is 65.5 Å². The first-order valence-corrected chi connectivity index (χ1v) is 7.12. The van der Waals surface area contributed by atoms with Gasteiger partial charge in [-0.2, -0.15) is 0 Å². The van der Waals surface area contributed by atoms with Crippen LogP contribution in [-0.4, -0.2) is 5.25 Å². The summed E-state index contributed by atoms with van der Waals surface area (Å²) in [7, 11) is 0. The van der Waals surface area contributed by atoms with Crippen LogP contribution in [0.25, 0.3) is 0 Å². The van der Waals surface area contributed by atoms with Crippen molar-refractivity contribution in [2.75, 3.05) is 0 Å². The average Bonchev–Trinajstić information content (AvgIpc) is 2.83. The van der Waals surface area contributed by atoms with Crippen LogP contribution in [0.5, 0.6) is 0 Å². The number of benzene rings is 2. The van der Waals surface area contributed by atoms with E-state index in [0.717, 1.165) is 12.0 Å². The molecule has 0 aromatic heterocycles. The Kier molecular flexibility index (Phi) is 3.55. The van der Waals surface area contributed by atoms with E-state index in [2.05, 4.69) is 23.6 Å². The summed E-state index contributed by atoms with van der Waals surface area (Å²) in [4.78, 5) is 1.30. The largest absolute Gasteiger partial charge is 0.271 e. The van der Waals surface area contributed by atoms with Crippen LogP contribution >= 0.6 is 11.8 Å². The second-order valence-electron chi connectivity index (χ2n) is 4.67. The van der Waals surface area contributed by atoms with Crippen LogP contribution in [0, 0.1) is 5.82 Å². The molecule has 1 aliphatic heterocycles. The minimum absolute atomic E-state index is 0.0481. The third-order valence-corrected chi connectivity index (χ3v) is 4.82. The quantitative estimate of drug-likeness (QED) is 0.667. The second-order valence-corrected chi connectivity index (χ2v) is 5.95. The SMILES string of the molecule is NNC(c1cccc(F)c1)C1Cc2ccccc2S1. The molecule has 1 heterocycles. The number of thioether (sulfide) groups is 1. The Morgan fingerprint density at radius 3 is 2.79 bits per heavy atom. The average molecular weight is 274 g/mol. The first-order valence-electron chi connectivity index (χ1n) is 6.24. The molecule has 4 heteroatoms. The van der Waals surface area contributed by atoms with Gasteiger partial charge in [-0.25, -0.2) is 4.39 Å². The number of halogens is 1. The number of nitrogens with two attached hydrogens (primary N) is 1. The zero-order valence-corrected chi connectivity index (χ0v) is 11.2. The van der Waals surface area contributed by atoms with Crippen molar-refractivity contribution in [3.8, 4) is 0 Å². The van der Waals surface area contributed by atoms with Crippen molar-refractivity contribution in [3.63, 3.8) is 0 Å². The predicted octanol–water partition coefficient (Wildman–Crippen LogP) is 3.05. The van der Waals surface area contributed by atoms with Crippen LogP contribution in [-0.2, 0) is 6.42 Å². The lowest BCUT2D eigenvalue weighted by atomic mass is 9.99. The minimum atomic E-state index is -0.224. The van der Waals surface area contributed by atoms with Gasteiger partial charge in [0.1, 0.15) is 5.82 Å². The molecule has 0 saturated carbocycles. The third-order valence-electron chi connectivity index (χ3n) is 3.43. The maximum atomic E-state index is 13.3. The fourth-order valence-electron chi connectivity index (χ4n) is 2.51. The van der Waals surface area contributed by atoms with E-state index >= 15 is 0 Å². The fraction of sp³-hybridized carbons (Fsp3) is 0.200. The summed E-state index contributed by atoms with van der Waals surface area (Å²) in [6.45, 7) is 0. The molecule has 2 atom stereocenters. The topological polar surface area (TPSA) is 38.0 Å². The van der Waals surface area contributed by atoms with E-state index in [1.54, 1.807) is 23.9 Å². The molecular formula is C15H15FN2S. The molecule has 98 valence electrons. The summed E-state index contributed by atoms with van der Waals surface area (Å²) in [5.74, 6) is 5.46. The Balaban J connectivity index is 1.86. The van der Waals surface area contributed by atoms with Gasteiger partial charge in [0, 0.05) is 10.1 Å². The molecule has 0 saturated heterocycles. The molecule has 2 aromatic carbocycles. The van der Waals surface area contributed by atoms with E-state index < -0.39 is 0 Å². The number of hydrogen-bond acceptors (Lipinski definition) is 3. The number of nitrogens with one attached hydrogen (secondary N) is 1. The standard InChI is InChI=1S/C15H15FN2S/c16-12-6-3-5-11(8-12)15(18-17)14-9-10-4-1-2-7-13(10)19-14/h1-8,14-15,18H,9,17H2. The van der Waals surface area contributed by atoms with Gasteiger partial charge < -0.3 is 0 Å². The molecule has 19 heavy (non-hydrogen) atoms. The second kappa shape index (κ2) is 5.33. The molecule has 0 bridgehead atoms. The van der Waals surface area contributed by atoms with Gasteiger partial charge in [0.25, 0.3) is 0 Å². The lowest BCUT2D eigenvalue weighted by Gasteiger charge is -2.22. The van der Waals surface area contributed by atoms with Gasteiger partial charge in [0.05, 0.1) is 6.04 Å². The lowest BCUT2D eigenvalue weighted by Crippen LogP contribution is -2.35. The number of fused-ring (bicyclic) bond motifs is 1. The summed E-state index contributed by atoms with van der Waals surface area (Å²) in [5.41, 5.74) is 5.07. The van der Waals surface area contributed by atoms with Crippen molar-refractivity contribution in [1.29, 1.82) is 0 Å². The van der Waals surface area contributed by atoms with Gasteiger partial charge in [0.2, 0.25) is 0 Å². The molecular weight excluding hydrogens is 259 g/mol. The first-order chi connectivity index (χ1) is 9.28. The van der Waals surface area contributed by atoms with Crippen LogP contribution in [0.4, 0.5) is 4.39 Å². The van der Waals surface area contributed by atoms with Crippen molar-refractivity contribution in [2.24, 2.45) is 5.84 Å². The van der Waals surface area contributed by atoms with Crippen molar-refractivity contribution in [1.82, 2.24) is 5.43 Å². The van der Waals surface area contributed by atoms with E-state index in [9.17, 15) is 4.39 Å². The highest BCUT2D eigenvalue weighted by atomic mass is 32.2. The van der Waals surface area contributed by atoms with Crippen molar-refractivity contribution < 1.29 is 4.39 Å². The van der Waals surface area contributed by atoms with Crippen LogP contribution in [0.3, 0.4) is 0 Å². The molecule has 2 nitrogen and oxygen atoms in total. The summed E-state index contributed by atoms with van der Waals surface area (Å²) in [6, 6.07) is 14.9. The number of rotatable bonds is 3. The Morgan fingerprint density at radius 2 is 2.05 bits per heavy atom. The van der Waals surface area contributed by atoms with E-state index in [1.807, 2.05) is 12.1 Å². The Bertz CT molecular complexity index is 563. The maximum absolute atomic E-state index is 13.3. The fourth-order valence-corrected chi connectivity index (χ4v) is 3.93. The van der Waals surface area contributed by atoms with E-state index in [1.165, 1.54) is 16.5 Å². The molecule has 3 rings (SSSR count). The third kappa shape index (κ3) is 2.52. The van der Waals surface area contributed by atoms with Crippen LogP contribution in [0.1, 0.15) is 17.2 Å². The molecule has 0 spiro atoms. The van der Waals surface area contributed by atoms with E-state index in [-0.39, 0.29) is 11.9 Å². The highest BCUT2D eigenvalue weighted by Gasteiger charge is 2.29. The van der Waals surface area contributed by atoms with Gasteiger partial charge in [-0.15, -0.1) is 11.8 Å². The van der Waals surface area contributed by atoms with Gasteiger partial charge in [-0.3, -0.25) is 11.3 Å². The molecule has 3 N–H and O–H groups in total. The smallest absolute Gasteiger partial charge is 0.123 e. The van der Waals surface area contributed by atoms with Crippen molar-refractivity contribution in [2.45, 2.75) is 22.6 Å². The van der Waals surface area contributed by atoms with Gasteiger partial charge in [-0.05, 0) is 35.7 Å². The number of hydrogen-bond donors (Lipinski definition) is 2. The monoisotopic (exact) mass is 274 g/mol. The number of hydrazine groups is 1. The zero-order valence-electron chi connectivity index (χ0n) is 10.3. The predicted molar refractivity (Wildman–Crippen MR) is 76.3 cm³/mol. The van der Waals surface area contributed by atoms with Crippen LogP contribution in [0.2, 0.25) is 0 Å². The van der Waals surface area contributed by atoms with E-state index in [0.29, 0.717) is 5.25 Å². The molecule has 1 aliphatic rings.